The van der Waals surface area contributed by atoms with Crippen molar-refractivity contribution in [3.63, 3.8) is 0 Å². The van der Waals surface area contributed by atoms with Gasteiger partial charge in [-0.05, 0) is 66.8 Å². The minimum atomic E-state index is -0.181. The van der Waals surface area contributed by atoms with Gasteiger partial charge in [0.25, 0.3) is 0 Å². The lowest BCUT2D eigenvalue weighted by Crippen LogP contribution is -2.38. The second-order valence-electron chi connectivity index (χ2n) is 8.72. The van der Waals surface area contributed by atoms with Gasteiger partial charge in [-0.1, -0.05) is 12.1 Å². The third-order valence-corrected chi connectivity index (χ3v) is 6.07. The number of carbonyl (C=O) groups excluding carboxylic acids is 2. The standard InChI is InChI=1S/C26H27N5O3/c1-34-21-10-4-18(5-11-21)15-31-16-22-23(12-13-27-25(22)30-26(31)33)28-19-6-8-20(9-7-19)29-24(32)14-17-2-3-17/h4-13,17H,2-3,14-16H2,1H3,(H,29,32)(H2,27,28,30,33). The molecule has 2 aliphatic rings. The number of benzene rings is 2. The first-order valence-electron chi connectivity index (χ1n) is 11.4. The molecule has 0 radical (unpaired) electrons. The average molecular weight is 458 g/mol. The van der Waals surface area contributed by atoms with Crippen LogP contribution in [0.25, 0.3) is 0 Å². The van der Waals surface area contributed by atoms with Crippen LogP contribution in [0.1, 0.15) is 30.4 Å². The van der Waals surface area contributed by atoms with Gasteiger partial charge in [-0.25, -0.2) is 9.78 Å². The Hall–Kier alpha value is -4.07. The fraction of sp³-hybridized carbons (Fsp3) is 0.269. The minimum absolute atomic E-state index is 0.0686. The molecule has 2 heterocycles. The zero-order valence-corrected chi connectivity index (χ0v) is 19.0. The van der Waals surface area contributed by atoms with Gasteiger partial charge < -0.3 is 20.3 Å². The number of anilines is 4. The molecule has 0 spiro atoms. The number of fused-ring (bicyclic) bond motifs is 1. The van der Waals surface area contributed by atoms with Gasteiger partial charge in [-0.2, -0.15) is 0 Å². The Kier molecular flexibility index (Phi) is 6.03. The van der Waals surface area contributed by atoms with Crippen LogP contribution in [0.5, 0.6) is 5.75 Å². The van der Waals surface area contributed by atoms with Gasteiger partial charge >= 0.3 is 6.03 Å². The van der Waals surface area contributed by atoms with E-state index < -0.39 is 0 Å². The molecule has 1 fully saturated rings. The van der Waals surface area contributed by atoms with Crippen LogP contribution in [0.15, 0.2) is 60.8 Å². The molecular formula is C26H27N5O3. The van der Waals surface area contributed by atoms with E-state index in [0.29, 0.717) is 31.2 Å². The van der Waals surface area contributed by atoms with Gasteiger partial charge in [0, 0.05) is 41.8 Å². The Morgan fingerprint density at radius 3 is 2.53 bits per heavy atom. The smallest absolute Gasteiger partial charge is 0.323 e. The van der Waals surface area contributed by atoms with Crippen molar-refractivity contribution in [2.75, 3.05) is 23.1 Å². The van der Waals surface area contributed by atoms with Gasteiger partial charge in [0.2, 0.25) is 5.91 Å². The van der Waals surface area contributed by atoms with Crippen LogP contribution in [-0.2, 0) is 17.9 Å². The molecule has 3 amide bonds. The van der Waals surface area contributed by atoms with Crippen LogP contribution in [0.2, 0.25) is 0 Å². The monoisotopic (exact) mass is 457 g/mol. The van der Waals surface area contributed by atoms with Gasteiger partial charge in [0.1, 0.15) is 11.6 Å². The fourth-order valence-electron chi connectivity index (χ4n) is 3.99. The Labute approximate surface area is 198 Å². The molecule has 3 aromatic rings. The zero-order valence-electron chi connectivity index (χ0n) is 19.0. The average Bonchev–Trinajstić information content (AvgIpc) is 3.65. The molecule has 1 aliphatic carbocycles. The number of nitrogens with zero attached hydrogens (tertiary/aromatic N) is 2. The highest BCUT2D eigenvalue weighted by Gasteiger charge is 2.26. The second kappa shape index (κ2) is 9.43. The highest BCUT2D eigenvalue weighted by molar-refractivity contribution is 5.93. The van der Waals surface area contributed by atoms with Crippen LogP contribution in [0.4, 0.5) is 27.7 Å². The van der Waals surface area contributed by atoms with Gasteiger partial charge in [-0.3, -0.25) is 10.1 Å². The molecule has 2 aromatic carbocycles. The molecule has 34 heavy (non-hydrogen) atoms. The van der Waals surface area contributed by atoms with Crippen molar-refractivity contribution in [1.29, 1.82) is 0 Å². The largest absolute Gasteiger partial charge is 0.497 e. The quantitative estimate of drug-likeness (QED) is 0.436. The number of ether oxygens (including phenoxy) is 1. The molecule has 0 saturated heterocycles. The maximum absolute atomic E-state index is 12.6. The van der Waals surface area contributed by atoms with E-state index in [9.17, 15) is 9.59 Å². The van der Waals surface area contributed by atoms with Crippen LogP contribution in [0, 0.1) is 5.92 Å². The van der Waals surface area contributed by atoms with E-state index in [1.807, 2.05) is 54.6 Å². The number of carbonyl (C=O) groups is 2. The lowest BCUT2D eigenvalue weighted by atomic mass is 10.1. The summed E-state index contributed by atoms with van der Waals surface area (Å²) in [6.45, 7) is 0.900. The first kappa shape index (κ1) is 21.8. The van der Waals surface area contributed by atoms with Crippen LogP contribution in [0.3, 0.4) is 0 Å². The zero-order chi connectivity index (χ0) is 23.5. The predicted molar refractivity (Wildman–Crippen MR) is 131 cm³/mol. The normalized spacial score (nSPS) is 14.7. The summed E-state index contributed by atoms with van der Waals surface area (Å²) in [7, 11) is 1.63. The lowest BCUT2D eigenvalue weighted by molar-refractivity contribution is -0.116. The van der Waals surface area contributed by atoms with E-state index in [1.165, 1.54) is 0 Å². The van der Waals surface area contributed by atoms with Gasteiger partial charge in [-0.15, -0.1) is 0 Å². The van der Waals surface area contributed by atoms with E-state index in [0.717, 1.165) is 46.8 Å². The maximum atomic E-state index is 12.6. The highest BCUT2D eigenvalue weighted by atomic mass is 16.5. The number of methoxy groups -OCH3 is 1. The van der Waals surface area contributed by atoms with Crippen LogP contribution < -0.4 is 20.7 Å². The first-order chi connectivity index (χ1) is 16.6. The van der Waals surface area contributed by atoms with Crippen molar-refractivity contribution in [2.45, 2.75) is 32.4 Å². The topological polar surface area (TPSA) is 95.6 Å². The Balaban J connectivity index is 1.27. The molecule has 174 valence electrons. The van der Waals surface area contributed by atoms with Crippen molar-refractivity contribution in [3.05, 3.63) is 71.9 Å². The molecule has 1 aromatic heterocycles. The summed E-state index contributed by atoms with van der Waals surface area (Å²) in [6.07, 6.45) is 4.59. The summed E-state index contributed by atoms with van der Waals surface area (Å²) in [6, 6.07) is 17.0. The molecule has 0 bridgehead atoms. The molecule has 1 aliphatic heterocycles. The minimum Gasteiger partial charge on any atom is -0.497 e. The van der Waals surface area contributed by atoms with E-state index in [2.05, 4.69) is 20.9 Å². The summed E-state index contributed by atoms with van der Waals surface area (Å²) < 4.78 is 5.21. The number of hydrogen-bond donors (Lipinski definition) is 3. The van der Waals surface area contributed by atoms with Crippen molar-refractivity contribution in [2.24, 2.45) is 5.92 Å². The van der Waals surface area contributed by atoms with E-state index in [1.54, 1.807) is 18.2 Å². The molecule has 3 N–H and O–H groups in total. The Bertz CT molecular complexity index is 1190. The molecule has 8 heteroatoms. The second-order valence-corrected chi connectivity index (χ2v) is 8.72. The summed E-state index contributed by atoms with van der Waals surface area (Å²) in [5.41, 5.74) is 4.46. The summed E-state index contributed by atoms with van der Waals surface area (Å²) in [5, 5.41) is 9.27. The van der Waals surface area contributed by atoms with Crippen molar-refractivity contribution < 1.29 is 14.3 Å². The maximum Gasteiger partial charge on any atom is 0.323 e. The summed E-state index contributed by atoms with van der Waals surface area (Å²) in [5.74, 6) is 1.97. The Morgan fingerprint density at radius 1 is 1.09 bits per heavy atom. The number of aromatic nitrogens is 1. The van der Waals surface area contributed by atoms with E-state index in [-0.39, 0.29) is 11.9 Å². The Morgan fingerprint density at radius 2 is 1.82 bits per heavy atom. The lowest BCUT2D eigenvalue weighted by Gasteiger charge is -2.30. The number of rotatable bonds is 8. The molecule has 0 atom stereocenters. The van der Waals surface area contributed by atoms with Gasteiger partial charge in [0.05, 0.1) is 13.7 Å². The third-order valence-electron chi connectivity index (χ3n) is 6.07. The molecule has 0 unspecified atom stereocenters. The number of nitrogens with one attached hydrogen (secondary N) is 3. The summed E-state index contributed by atoms with van der Waals surface area (Å²) >= 11 is 0. The van der Waals surface area contributed by atoms with Crippen molar-refractivity contribution >= 4 is 34.8 Å². The third kappa shape index (κ3) is 5.11. The molecule has 8 nitrogen and oxygen atoms in total. The number of hydrogen-bond acceptors (Lipinski definition) is 5. The van der Waals surface area contributed by atoms with Crippen LogP contribution in [-0.4, -0.2) is 28.9 Å². The molecular weight excluding hydrogens is 430 g/mol. The van der Waals surface area contributed by atoms with Crippen LogP contribution >= 0.6 is 0 Å². The van der Waals surface area contributed by atoms with E-state index in [4.69, 9.17) is 4.74 Å². The van der Waals surface area contributed by atoms with Crippen molar-refractivity contribution in [1.82, 2.24) is 9.88 Å². The SMILES string of the molecule is COc1ccc(CN2Cc3c(Nc4ccc(NC(=O)CC5CC5)cc4)ccnc3NC2=O)cc1. The summed E-state index contributed by atoms with van der Waals surface area (Å²) in [4.78, 5) is 30.8. The first-order valence-corrected chi connectivity index (χ1v) is 11.4. The predicted octanol–water partition coefficient (Wildman–Crippen LogP) is 5.12. The fourth-order valence-corrected chi connectivity index (χ4v) is 3.99. The van der Waals surface area contributed by atoms with E-state index >= 15 is 0 Å². The highest BCUT2D eigenvalue weighted by Crippen LogP contribution is 2.33. The number of urea groups is 1. The molecule has 1 saturated carbocycles. The van der Waals surface area contributed by atoms with Gasteiger partial charge in [0.15, 0.2) is 0 Å². The van der Waals surface area contributed by atoms with Crippen molar-refractivity contribution in [3.8, 4) is 5.75 Å². The number of amides is 3. The number of pyridine rings is 1. The molecule has 5 rings (SSSR count).